The second-order valence-electron chi connectivity index (χ2n) is 3.34. The van der Waals surface area contributed by atoms with Crippen LogP contribution >= 0.6 is 15.9 Å². The molecule has 0 bridgehead atoms. The maximum atomic E-state index is 13.5. The Morgan fingerprint density at radius 2 is 1.94 bits per heavy atom. The number of hydrogen-bond acceptors (Lipinski definition) is 2. The van der Waals surface area contributed by atoms with Crippen molar-refractivity contribution in [2.75, 3.05) is 0 Å². The van der Waals surface area contributed by atoms with Crippen molar-refractivity contribution < 1.29 is 9.50 Å². The summed E-state index contributed by atoms with van der Waals surface area (Å²) in [6.07, 6.45) is 0.117. The number of pyridine rings is 1. The maximum absolute atomic E-state index is 13.5. The molecule has 0 radical (unpaired) electrons. The molecule has 1 aromatic carbocycles. The SMILES string of the molecule is OC(c1ccccc1)c1cc(Br)ncc1F. The van der Waals surface area contributed by atoms with Gasteiger partial charge in [0.2, 0.25) is 0 Å². The largest absolute Gasteiger partial charge is 0.384 e. The van der Waals surface area contributed by atoms with Crippen LogP contribution in [0.25, 0.3) is 0 Å². The van der Waals surface area contributed by atoms with E-state index in [1.165, 1.54) is 6.07 Å². The first-order valence-electron chi connectivity index (χ1n) is 4.72. The Bertz CT molecular complexity index is 490. The standard InChI is InChI=1S/C12H9BrFNO/c13-11-6-9(10(14)7-15-11)12(16)8-4-2-1-3-5-8/h1-7,12,16H. The number of aliphatic hydroxyl groups excluding tert-OH is 1. The van der Waals surface area contributed by atoms with E-state index in [1.54, 1.807) is 24.3 Å². The number of aromatic nitrogens is 1. The van der Waals surface area contributed by atoms with Gasteiger partial charge in [-0.25, -0.2) is 9.37 Å². The monoisotopic (exact) mass is 281 g/mol. The van der Waals surface area contributed by atoms with Gasteiger partial charge in [0.25, 0.3) is 0 Å². The zero-order valence-corrected chi connectivity index (χ0v) is 9.86. The molecular weight excluding hydrogens is 273 g/mol. The Balaban J connectivity index is 2.41. The Hall–Kier alpha value is -1.26. The Morgan fingerprint density at radius 1 is 1.25 bits per heavy atom. The van der Waals surface area contributed by atoms with Gasteiger partial charge >= 0.3 is 0 Å². The van der Waals surface area contributed by atoms with Crippen LogP contribution in [0.3, 0.4) is 0 Å². The fourth-order valence-electron chi connectivity index (χ4n) is 1.45. The lowest BCUT2D eigenvalue weighted by molar-refractivity contribution is 0.214. The van der Waals surface area contributed by atoms with E-state index >= 15 is 0 Å². The van der Waals surface area contributed by atoms with Crippen molar-refractivity contribution in [2.24, 2.45) is 0 Å². The highest BCUT2D eigenvalue weighted by atomic mass is 79.9. The molecule has 1 aromatic heterocycles. The van der Waals surface area contributed by atoms with Crippen LogP contribution < -0.4 is 0 Å². The van der Waals surface area contributed by atoms with Crippen LogP contribution in [0.15, 0.2) is 47.2 Å². The van der Waals surface area contributed by atoms with Crippen LogP contribution in [0.2, 0.25) is 0 Å². The minimum absolute atomic E-state index is 0.216. The van der Waals surface area contributed by atoms with E-state index in [1.807, 2.05) is 6.07 Å². The van der Waals surface area contributed by atoms with Gasteiger partial charge in [-0.15, -0.1) is 0 Å². The molecule has 1 heterocycles. The van der Waals surface area contributed by atoms with E-state index in [-0.39, 0.29) is 5.56 Å². The van der Waals surface area contributed by atoms with Crippen LogP contribution in [0, 0.1) is 5.82 Å². The van der Waals surface area contributed by atoms with Crippen LogP contribution in [0.4, 0.5) is 4.39 Å². The summed E-state index contributed by atoms with van der Waals surface area (Å²) in [5.74, 6) is -0.514. The lowest BCUT2D eigenvalue weighted by Gasteiger charge is -2.12. The summed E-state index contributed by atoms with van der Waals surface area (Å²) in [5.41, 5.74) is 0.868. The highest BCUT2D eigenvalue weighted by Gasteiger charge is 2.15. The van der Waals surface area contributed by atoms with Crippen molar-refractivity contribution in [2.45, 2.75) is 6.10 Å². The Kier molecular flexibility index (Phi) is 3.31. The van der Waals surface area contributed by atoms with Crippen molar-refractivity contribution in [3.05, 3.63) is 64.1 Å². The normalized spacial score (nSPS) is 12.4. The van der Waals surface area contributed by atoms with E-state index in [0.29, 0.717) is 10.2 Å². The molecule has 0 fully saturated rings. The third-order valence-electron chi connectivity index (χ3n) is 2.26. The average molecular weight is 282 g/mol. The fourth-order valence-corrected chi connectivity index (χ4v) is 1.80. The molecule has 1 N–H and O–H groups in total. The van der Waals surface area contributed by atoms with Gasteiger partial charge in [-0.1, -0.05) is 30.3 Å². The number of nitrogens with zero attached hydrogens (tertiary/aromatic N) is 1. The molecule has 1 unspecified atom stereocenters. The third kappa shape index (κ3) is 2.28. The molecular formula is C12H9BrFNO. The first kappa shape index (κ1) is 11.2. The molecule has 82 valence electrons. The number of halogens is 2. The van der Waals surface area contributed by atoms with Gasteiger partial charge in [-0.05, 0) is 27.6 Å². The minimum atomic E-state index is -0.972. The molecule has 0 aliphatic rings. The summed E-state index contributed by atoms with van der Waals surface area (Å²) in [6, 6.07) is 10.4. The number of hydrogen-bond donors (Lipinski definition) is 1. The predicted octanol–water partition coefficient (Wildman–Crippen LogP) is 3.06. The molecule has 0 aliphatic heterocycles. The zero-order valence-electron chi connectivity index (χ0n) is 8.27. The second-order valence-corrected chi connectivity index (χ2v) is 4.15. The fraction of sp³-hybridized carbons (Fsp3) is 0.0833. The Morgan fingerprint density at radius 3 is 2.62 bits per heavy atom. The summed E-state index contributed by atoms with van der Waals surface area (Å²) in [7, 11) is 0. The summed E-state index contributed by atoms with van der Waals surface area (Å²) in [6.45, 7) is 0. The van der Waals surface area contributed by atoms with Gasteiger partial charge in [-0.3, -0.25) is 0 Å². The summed E-state index contributed by atoms with van der Waals surface area (Å²) >= 11 is 3.15. The molecule has 2 aromatic rings. The molecule has 2 nitrogen and oxygen atoms in total. The molecule has 0 saturated heterocycles. The van der Waals surface area contributed by atoms with Gasteiger partial charge < -0.3 is 5.11 Å². The van der Waals surface area contributed by atoms with Gasteiger partial charge in [0.05, 0.1) is 6.20 Å². The van der Waals surface area contributed by atoms with E-state index < -0.39 is 11.9 Å². The molecule has 0 saturated carbocycles. The molecule has 1 atom stereocenters. The summed E-state index contributed by atoms with van der Waals surface area (Å²) in [4.78, 5) is 3.75. The molecule has 0 spiro atoms. The highest BCUT2D eigenvalue weighted by Crippen LogP contribution is 2.25. The van der Waals surface area contributed by atoms with Crippen LogP contribution in [0.5, 0.6) is 0 Å². The topological polar surface area (TPSA) is 33.1 Å². The quantitative estimate of drug-likeness (QED) is 0.859. The first-order chi connectivity index (χ1) is 7.68. The van der Waals surface area contributed by atoms with Crippen molar-refractivity contribution in [3.63, 3.8) is 0 Å². The number of aliphatic hydroxyl groups is 1. The number of benzene rings is 1. The lowest BCUT2D eigenvalue weighted by atomic mass is 10.0. The van der Waals surface area contributed by atoms with Gasteiger partial charge in [-0.2, -0.15) is 0 Å². The van der Waals surface area contributed by atoms with Crippen LogP contribution in [-0.4, -0.2) is 10.1 Å². The van der Waals surface area contributed by atoms with E-state index in [0.717, 1.165) is 6.20 Å². The van der Waals surface area contributed by atoms with Crippen molar-refractivity contribution >= 4 is 15.9 Å². The molecule has 0 aliphatic carbocycles. The molecule has 4 heteroatoms. The summed E-state index contributed by atoms with van der Waals surface area (Å²) in [5, 5.41) is 10.0. The predicted molar refractivity (Wildman–Crippen MR) is 62.4 cm³/mol. The maximum Gasteiger partial charge on any atom is 0.147 e. The van der Waals surface area contributed by atoms with Crippen molar-refractivity contribution in [3.8, 4) is 0 Å². The Labute approximate surface area is 101 Å². The summed E-state index contributed by atoms with van der Waals surface area (Å²) < 4.78 is 14.0. The smallest absolute Gasteiger partial charge is 0.147 e. The number of rotatable bonds is 2. The van der Waals surface area contributed by atoms with Crippen molar-refractivity contribution in [1.82, 2.24) is 4.98 Å². The first-order valence-corrected chi connectivity index (χ1v) is 5.52. The molecule has 16 heavy (non-hydrogen) atoms. The lowest BCUT2D eigenvalue weighted by Crippen LogP contribution is -2.03. The van der Waals surface area contributed by atoms with E-state index in [2.05, 4.69) is 20.9 Å². The third-order valence-corrected chi connectivity index (χ3v) is 2.70. The van der Waals surface area contributed by atoms with E-state index in [9.17, 15) is 9.50 Å². The molecule has 2 rings (SSSR count). The van der Waals surface area contributed by atoms with E-state index in [4.69, 9.17) is 0 Å². The zero-order chi connectivity index (χ0) is 11.5. The molecule has 0 amide bonds. The second kappa shape index (κ2) is 4.72. The van der Waals surface area contributed by atoms with Crippen LogP contribution in [0.1, 0.15) is 17.2 Å². The van der Waals surface area contributed by atoms with Gasteiger partial charge in [0.15, 0.2) is 0 Å². The van der Waals surface area contributed by atoms with Crippen molar-refractivity contribution in [1.29, 1.82) is 0 Å². The average Bonchev–Trinajstić information content (AvgIpc) is 2.32. The van der Waals surface area contributed by atoms with Gasteiger partial charge in [0, 0.05) is 5.56 Å². The highest BCUT2D eigenvalue weighted by molar-refractivity contribution is 9.10. The van der Waals surface area contributed by atoms with Gasteiger partial charge in [0.1, 0.15) is 16.5 Å². The van der Waals surface area contributed by atoms with Crippen LogP contribution in [-0.2, 0) is 0 Å². The minimum Gasteiger partial charge on any atom is -0.384 e.